The quantitative estimate of drug-likeness (QED) is 0.920. The maximum atomic E-state index is 12.1. The van der Waals surface area contributed by atoms with Crippen molar-refractivity contribution in [1.82, 2.24) is 10.2 Å². The van der Waals surface area contributed by atoms with Crippen LogP contribution >= 0.6 is 11.3 Å². The normalized spacial score (nSPS) is 26.1. The van der Waals surface area contributed by atoms with Gasteiger partial charge in [0.2, 0.25) is 5.91 Å². The van der Waals surface area contributed by atoms with Crippen LogP contribution in [-0.2, 0) is 4.79 Å². The molecule has 1 aromatic rings. The summed E-state index contributed by atoms with van der Waals surface area (Å²) in [5.74, 6) is 1.54. The first-order chi connectivity index (χ1) is 9.04. The Morgan fingerprint density at radius 2 is 2.16 bits per heavy atom. The van der Waals surface area contributed by atoms with Crippen LogP contribution in [0.25, 0.3) is 0 Å². The minimum Gasteiger partial charge on any atom is -0.348 e. The van der Waals surface area contributed by atoms with Gasteiger partial charge < -0.3 is 5.32 Å². The third-order valence-electron chi connectivity index (χ3n) is 3.66. The van der Waals surface area contributed by atoms with E-state index in [1.165, 1.54) is 11.3 Å². The predicted octanol–water partition coefficient (Wildman–Crippen LogP) is 2.90. The Balaban J connectivity index is 1.81. The lowest BCUT2D eigenvalue weighted by atomic mass is 9.92. The fourth-order valence-electron chi connectivity index (χ4n) is 3.02. The van der Waals surface area contributed by atoms with Gasteiger partial charge in [0.25, 0.3) is 0 Å². The zero-order chi connectivity index (χ0) is 13.8. The highest BCUT2D eigenvalue weighted by molar-refractivity contribution is 7.10. The molecule has 1 N–H and O–H groups in total. The summed E-state index contributed by atoms with van der Waals surface area (Å²) in [6.07, 6.45) is 1.28. The number of likely N-dealkylation sites (tertiary alicyclic amines) is 1. The van der Waals surface area contributed by atoms with E-state index in [4.69, 9.17) is 0 Å². The maximum Gasteiger partial charge on any atom is 0.234 e. The molecular formula is C15H24N2OS. The maximum absolute atomic E-state index is 12.1. The van der Waals surface area contributed by atoms with Crippen molar-refractivity contribution in [2.24, 2.45) is 11.8 Å². The number of thiophene rings is 1. The van der Waals surface area contributed by atoms with Crippen molar-refractivity contribution in [1.29, 1.82) is 0 Å². The van der Waals surface area contributed by atoms with E-state index in [0.717, 1.165) is 13.1 Å². The summed E-state index contributed by atoms with van der Waals surface area (Å²) in [6.45, 7) is 9.22. The molecule has 0 aromatic carbocycles. The number of hydrogen-bond acceptors (Lipinski definition) is 3. The highest BCUT2D eigenvalue weighted by Gasteiger charge is 2.23. The van der Waals surface area contributed by atoms with E-state index >= 15 is 0 Å². The Bertz CT molecular complexity index is 394. The molecular weight excluding hydrogens is 256 g/mol. The van der Waals surface area contributed by atoms with Gasteiger partial charge in [-0.05, 0) is 36.6 Å². The van der Waals surface area contributed by atoms with Gasteiger partial charge in [0.05, 0.1) is 12.6 Å². The average molecular weight is 280 g/mol. The molecule has 0 saturated carbocycles. The number of carbonyl (C=O) groups excluding carboxylic acids is 1. The Labute approximate surface area is 120 Å². The minimum absolute atomic E-state index is 0.118. The van der Waals surface area contributed by atoms with E-state index in [0.29, 0.717) is 18.4 Å². The van der Waals surface area contributed by atoms with Gasteiger partial charge in [0, 0.05) is 18.0 Å². The number of hydrogen-bond donors (Lipinski definition) is 1. The molecule has 3 nitrogen and oxygen atoms in total. The van der Waals surface area contributed by atoms with Crippen molar-refractivity contribution in [2.75, 3.05) is 19.6 Å². The van der Waals surface area contributed by atoms with Gasteiger partial charge in [0.15, 0.2) is 0 Å². The van der Waals surface area contributed by atoms with Crippen LogP contribution in [0.2, 0.25) is 0 Å². The smallest absolute Gasteiger partial charge is 0.234 e. The van der Waals surface area contributed by atoms with Gasteiger partial charge in [-0.3, -0.25) is 9.69 Å². The van der Waals surface area contributed by atoms with Crippen LogP contribution in [0.15, 0.2) is 17.5 Å². The lowest BCUT2D eigenvalue weighted by Gasteiger charge is -2.34. The lowest BCUT2D eigenvalue weighted by Crippen LogP contribution is -2.44. The van der Waals surface area contributed by atoms with Gasteiger partial charge in [-0.25, -0.2) is 0 Å². The number of piperidine rings is 1. The number of carbonyl (C=O) groups is 1. The first-order valence-electron chi connectivity index (χ1n) is 7.09. The first kappa shape index (κ1) is 14.5. The molecule has 1 amide bonds. The second-order valence-corrected chi connectivity index (χ2v) is 6.92. The summed E-state index contributed by atoms with van der Waals surface area (Å²) in [7, 11) is 0. The van der Waals surface area contributed by atoms with Crippen molar-refractivity contribution < 1.29 is 4.79 Å². The van der Waals surface area contributed by atoms with E-state index in [1.807, 2.05) is 18.4 Å². The molecule has 3 atom stereocenters. The summed E-state index contributed by atoms with van der Waals surface area (Å²) in [5, 5.41) is 5.14. The summed E-state index contributed by atoms with van der Waals surface area (Å²) < 4.78 is 0. The molecule has 4 heteroatoms. The number of rotatable bonds is 4. The van der Waals surface area contributed by atoms with Crippen LogP contribution in [0.4, 0.5) is 0 Å². The Kier molecular flexibility index (Phi) is 4.99. The zero-order valence-electron chi connectivity index (χ0n) is 12.1. The summed E-state index contributed by atoms with van der Waals surface area (Å²) in [6, 6.07) is 4.21. The molecule has 0 aliphatic carbocycles. The molecule has 0 radical (unpaired) electrons. The topological polar surface area (TPSA) is 32.3 Å². The summed E-state index contributed by atoms with van der Waals surface area (Å²) >= 11 is 1.69. The monoisotopic (exact) mass is 280 g/mol. The molecule has 19 heavy (non-hydrogen) atoms. The Morgan fingerprint density at radius 1 is 1.47 bits per heavy atom. The van der Waals surface area contributed by atoms with Gasteiger partial charge >= 0.3 is 0 Å². The van der Waals surface area contributed by atoms with Crippen LogP contribution < -0.4 is 5.32 Å². The van der Waals surface area contributed by atoms with E-state index < -0.39 is 0 Å². The number of nitrogens with zero attached hydrogens (tertiary/aromatic N) is 1. The fourth-order valence-corrected chi connectivity index (χ4v) is 3.75. The molecule has 1 aromatic heterocycles. The SMILES string of the molecule is C[C@@H]1C[C@H](C)CN(CC(=O)N[C@@H](C)c2cccs2)C1. The third kappa shape index (κ3) is 4.32. The van der Waals surface area contributed by atoms with Gasteiger partial charge in [-0.2, -0.15) is 0 Å². The zero-order valence-corrected chi connectivity index (χ0v) is 12.9. The van der Waals surface area contributed by atoms with Crippen molar-refractivity contribution in [3.8, 4) is 0 Å². The molecule has 2 heterocycles. The molecule has 2 rings (SSSR count). The molecule has 0 unspecified atom stereocenters. The summed E-state index contributed by atoms with van der Waals surface area (Å²) in [5.41, 5.74) is 0. The van der Waals surface area contributed by atoms with Gasteiger partial charge in [0.1, 0.15) is 0 Å². The van der Waals surface area contributed by atoms with E-state index in [2.05, 4.69) is 30.1 Å². The van der Waals surface area contributed by atoms with Crippen LogP contribution in [-0.4, -0.2) is 30.4 Å². The van der Waals surface area contributed by atoms with Crippen LogP contribution in [0.5, 0.6) is 0 Å². The van der Waals surface area contributed by atoms with Crippen LogP contribution in [0, 0.1) is 11.8 Å². The molecule has 1 saturated heterocycles. The molecule has 1 fully saturated rings. The van der Waals surface area contributed by atoms with Crippen molar-refractivity contribution in [3.63, 3.8) is 0 Å². The number of nitrogens with one attached hydrogen (secondary N) is 1. The third-order valence-corrected chi connectivity index (χ3v) is 4.71. The van der Waals surface area contributed by atoms with Crippen molar-refractivity contribution in [3.05, 3.63) is 22.4 Å². The molecule has 0 spiro atoms. The van der Waals surface area contributed by atoms with E-state index in [-0.39, 0.29) is 11.9 Å². The van der Waals surface area contributed by atoms with Crippen LogP contribution in [0.3, 0.4) is 0 Å². The van der Waals surface area contributed by atoms with Crippen molar-refractivity contribution in [2.45, 2.75) is 33.2 Å². The lowest BCUT2D eigenvalue weighted by molar-refractivity contribution is -0.123. The first-order valence-corrected chi connectivity index (χ1v) is 7.97. The highest BCUT2D eigenvalue weighted by atomic mass is 32.1. The van der Waals surface area contributed by atoms with E-state index in [1.54, 1.807) is 11.3 Å². The van der Waals surface area contributed by atoms with Crippen molar-refractivity contribution >= 4 is 17.2 Å². The molecule has 0 bridgehead atoms. The fraction of sp³-hybridized carbons (Fsp3) is 0.667. The Hall–Kier alpha value is -0.870. The molecule has 1 aliphatic rings. The highest BCUT2D eigenvalue weighted by Crippen LogP contribution is 2.21. The van der Waals surface area contributed by atoms with Gasteiger partial charge in [-0.1, -0.05) is 19.9 Å². The standard InChI is InChI=1S/C15H24N2OS/c1-11-7-12(2)9-17(8-11)10-15(18)16-13(3)14-5-4-6-19-14/h4-6,11-13H,7-10H2,1-3H3,(H,16,18)/t11-,12+,13-/m0/s1. The largest absolute Gasteiger partial charge is 0.348 e. The van der Waals surface area contributed by atoms with Crippen LogP contribution in [0.1, 0.15) is 38.1 Å². The van der Waals surface area contributed by atoms with E-state index in [9.17, 15) is 4.79 Å². The summed E-state index contributed by atoms with van der Waals surface area (Å²) in [4.78, 5) is 15.6. The second-order valence-electron chi connectivity index (χ2n) is 5.94. The molecule has 106 valence electrons. The Morgan fingerprint density at radius 3 is 2.74 bits per heavy atom. The molecule has 1 aliphatic heterocycles. The second kappa shape index (κ2) is 6.53. The minimum atomic E-state index is 0.118. The average Bonchev–Trinajstić information content (AvgIpc) is 2.80. The predicted molar refractivity (Wildman–Crippen MR) is 80.3 cm³/mol. The van der Waals surface area contributed by atoms with Gasteiger partial charge in [-0.15, -0.1) is 11.3 Å². The number of amides is 1.